The molecule has 12 heteroatoms. The molecule has 1 N–H and O–H groups in total. The quantitative estimate of drug-likeness (QED) is 0.0851. The molecule has 0 saturated heterocycles. The largest absolute Gasteiger partial charge is 0.472 e. The number of ketones is 1. The normalized spacial score (nSPS) is 13.4. The molecule has 0 saturated carbocycles. The van der Waals surface area contributed by atoms with Crippen LogP contribution in [-0.4, -0.2) is 61.6 Å². The third kappa shape index (κ3) is 20.4. The minimum Gasteiger partial charge on any atom is -0.469 e. The first-order valence-corrected chi connectivity index (χ1v) is 14.2. The van der Waals surface area contributed by atoms with Gasteiger partial charge in [-0.3, -0.25) is 28.2 Å². The van der Waals surface area contributed by atoms with E-state index in [1.165, 1.54) is 7.11 Å². The molecule has 0 rings (SSSR count). The Hall–Kier alpha value is -1.81. The molecule has 11 nitrogen and oxygen atoms in total. The number of hydrogen-bond donors (Lipinski definition) is 1. The van der Waals surface area contributed by atoms with Crippen molar-refractivity contribution in [2.24, 2.45) is 0 Å². The van der Waals surface area contributed by atoms with Gasteiger partial charge in [-0.25, -0.2) is 4.57 Å². The van der Waals surface area contributed by atoms with Crippen molar-refractivity contribution >= 4 is 31.5 Å². The molecular formula is C24H43O11P. The Kier molecular flexibility index (Phi) is 20.2. The maximum absolute atomic E-state index is 12.2. The van der Waals surface area contributed by atoms with Crippen molar-refractivity contribution in [3.63, 3.8) is 0 Å². The van der Waals surface area contributed by atoms with Gasteiger partial charge >= 0.3 is 25.7 Å². The number of rotatable bonds is 23. The van der Waals surface area contributed by atoms with Crippen LogP contribution in [0.5, 0.6) is 0 Å². The summed E-state index contributed by atoms with van der Waals surface area (Å²) in [6.07, 6.45) is 5.33. The zero-order valence-electron chi connectivity index (χ0n) is 21.9. The lowest BCUT2D eigenvalue weighted by atomic mass is 10.1. The van der Waals surface area contributed by atoms with Crippen LogP contribution >= 0.6 is 7.82 Å². The summed E-state index contributed by atoms with van der Waals surface area (Å²) in [4.78, 5) is 56.7. The van der Waals surface area contributed by atoms with Gasteiger partial charge in [-0.2, -0.15) is 0 Å². The number of carbonyl (C=O) groups excluding carboxylic acids is 4. The first-order chi connectivity index (χ1) is 17.1. The van der Waals surface area contributed by atoms with Gasteiger partial charge in [0.15, 0.2) is 6.10 Å². The summed E-state index contributed by atoms with van der Waals surface area (Å²) < 4.78 is 36.9. The van der Waals surface area contributed by atoms with E-state index in [0.717, 1.165) is 25.7 Å². The molecule has 0 radical (unpaired) electrons. The van der Waals surface area contributed by atoms with Crippen molar-refractivity contribution < 1.29 is 51.9 Å². The highest BCUT2D eigenvalue weighted by Gasteiger charge is 2.26. The van der Waals surface area contributed by atoms with Gasteiger partial charge in [-0.1, -0.05) is 39.5 Å². The molecule has 0 aliphatic heterocycles. The van der Waals surface area contributed by atoms with Gasteiger partial charge in [0.1, 0.15) is 12.4 Å². The van der Waals surface area contributed by atoms with Gasteiger partial charge in [0.2, 0.25) is 0 Å². The molecule has 210 valence electrons. The lowest BCUT2D eigenvalue weighted by Gasteiger charge is -2.20. The van der Waals surface area contributed by atoms with E-state index in [1.54, 1.807) is 0 Å². The van der Waals surface area contributed by atoms with Crippen LogP contribution in [-0.2, 0) is 47.0 Å². The molecule has 36 heavy (non-hydrogen) atoms. The van der Waals surface area contributed by atoms with Crippen molar-refractivity contribution in [3.8, 4) is 0 Å². The van der Waals surface area contributed by atoms with E-state index in [-0.39, 0.29) is 63.5 Å². The molecular weight excluding hydrogens is 495 g/mol. The minimum atomic E-state index is -4.49. The second kappa shape index (κ2) is 21.3. The third-order valence-corrected chi connectivity index (χ3v) is 6.02. The topological polar surface area (TPSA) is 152 Å². The number of phosphoric acid groups is 1. The number of esters is 3. The summed E-state index contributed by atoms with van der Waals surface area (Å²) in [7, 11) is -3.21. The fourth-order valence-corrected chi connectivity index (χ4v) is 3.77. The van der Waals surface area contributed by atoms with Crippen LogP contribution in [0, 0.1) is 0 Å². The highest BCUT2D eigenvalue weighted by atomic mass is 31.2. The van der Waals surface area contributed by atoms with E-state index in [4.69, 9.17) is 18.5 Å². The summed E-state index contributed by atoms with van der Waals surface area (Å²) in [6, 6.07) is 0. The highest BCUT2D eigenvalue weighted by Crippen LogP contribution is 2.43. The molecule has 0 fully saturated rings. The molecule has 0 aliphatic rings. The zero-order valence-corrected chi connectivity index (χ0v) is 22.8. The van der Waals surface area contributed by atoms with Crippen molar-refractivity contribution in [1.29, 1.82) is 0 Å². The number of ether oxygens (including phenoxy) is 3. The highest BCUT2D eigenvalue weighted by molar-refractivity contribution is 7.47. The predicted molar refractivity (Wildman–Crippen MR) is 131 cm³/mol. The Morgan fingerprint density at radius 2 is 1.31 bits per heavy atom. The average Bonchev–Trinajstić information content (AvgIpc) is 2.83. The minimum absolute atomic E-state index is 0.105. The van der Waals surface area contributed by atoms with E-state index >= 15 is 0 Å². The van der Waals surface area contributed by atoms with E-state index in [1.807, 2.05) is 13.8 Å². The predicted octanol–water partition coefficient (Wildman–Crippen LogP) is 4.43. The van der Waals surface area contributed by atoms with Gasteiger partial charge in [-0.05, 0) is 25.7 Å². The Labute approximate surface area is 214 Å². The first-order valence-electron chi connectivity index (χ1n) is 12.7. The van der Waals surface area contributed by atoms with Crippen LogP contribution in [0.3, 0.4) is 0 Å². The Morgan fingerprint density at radius 3 is 1.92 bits per heavy atom. The Balaban J connectivity index is 4.51. The van der Waals surface area contributed by atoms with E-state index in [0.29, 0.717) is 19.3 Å². The summed E-state index contributed by atoms with van der Waals surface area (Å²) in [5.74, 6) is -1.46. The van der Waals surface area contributed by atoms with Gasteiger partial charge in [0.25, 0.3) is 0 Å². The lowest BCUT2D eigenvalue weighted by Crippen LogP contribution is -2.29. The van der Waals surface area contributed by atoms with E-state index in [9.17, 15) is 28.6 Å². The van der Waals surface area contributed by atoms with Crippen molar-refractivity contribution in [3.05, 3.63) is 0 Å². The average molecular weight is 539 g/mol. The second-order valence-electron chi connectivity index (χ2n) is 8.38. The maximum Gasteiger partial charge on any atom is 0.472 e. The van der Waals surface area contributed by atoms with Gasteiger partial charge in [0, 0.05) is 32.1 Å². The number of Topliss-reactive ketones (excluding diaryl/α,β-unsaturated/α-hetero) is 1. The molecule has 0 aromatic carbocycles. The second-order valence-corrected chi connectivity index (χ2v) is 9.83. The first kappa shape index (κ1) is 34.2. The van der Waals surface area contributed by atoms with Crippen molar-refractivity contribution in [1.82, 2.24) is 0 Å². The van der Waals surface area contributed by atoms with Crippen molar-refractivity contribution in [2.75, 3.05) is 26.9 Å². The molecule has 0 spiro atoms. The Morgan fingerprint density at radius 1 is 0.722 bits per heavy atom. The van der Waals surface area contributed by atoms with E-state index < -0.39 is 32.5 Å². The smallest absolute Gasteiger partial charge is 0.469 e. The molecule has 0 aliphatic carbocycles. The summed E-state index contributed by atoms with van der Waals surface area (Å²) >= 11 is 0. The number of phosphoric ester groups is 1. The van der Waals surface area contributed by atoms with Gasteiger partial charge in [0.05, 0.1) is 20.3 Å². The zero-order chi connectivity index (χ0) is 27.2. The molecule has 2 atom stereocenters. The summed E-state index contributed by atoms with van der Waals surface area (Å²) in [5.41, 5.74) is 0. The summed E-state index contributed by atoms with van der Waals surface area (Å²) in [5, 5.41) is 0. The standard InChI is InChI=1S/C24H43O11P/c1-4-6-8-14-23(27)32-18-21(35-24(28)15-9-7-5-2)19-34-36(29,30)33-17-11-13-20(25)12-10-16-22(26)31-3/h21H,4-19H2,1-3H3,(H,29,30). The molecule has 0 bridgehead atoms. The fourth-order valence-electron chi connectivity index (χ4n) is 2.98. The molecule has 0 amide bonds. The van der Waals surface area contributed by atoms with Crippen LogP contribution in [0.4, 0.5) is 0 Å². The number of hydrogen-bond acceptors (Lipinski definition) is 10. The molecule has 0 aromatic rings. The molecule has 2 unspecified atom stereocenters. The summed E-state index contributed by atoms with van der Waals surface area (Å²) in [6.45, 7) is 3.01. The SMILES string of the molecule is CCCCCC(=O)OCC(COP(=O)(O)OCCCC(=O)CCCC(=O)OC)OC(=O)CCCCC. The van der Waals surface area contributed by atoms with Crippen LogP contribution in [0.2, 0.25) is 0 Å². The van der Waals surface area contributed by atoms with Crippen molar-refractivity contribution in [2.45, 2.75) is 103 Å². The lowest BCUT2D eigenvalue weighted by molar-refractivity contribution is -0.161. The monoisotopic (exact) mass is 538 g/mol. The number of methoxy groups -OCH3 is 1. The van der Waals surface area contributed by atoms with Crippen LogP contribution in [0.1, 0.15) is 97.3 Å². The molecule has 0 heterocycles. The van der Waals surface area contributed by atoms with Crippen LogP contribution in [0.15, 0.2) is 0 Å². The van der Waals surface area contributed by atoms with Crippen LogP contribution < -0.4 is 0 Å². The third-order valence-electron chi connectivity index (χ3n) is 5.04. The van der Waals surface area contributed by atoms with Gasteiger partial charge in [-0.15, -0.1) is 0 Å². The Bertz CT molecular complexity index is 696. The van der Waals surface area contributed by atoms with E-state index in [2.05, 4.69) is 4.74 Å². The fraction of sp³-hybridized carbons (Fsp3) is 0.833. The maximum atomic E-state index is 12.2. The number of carbonyl (C=O) groups is 4. The molecule has 0 aromatic heterocycles. The van der Waals surface area contributed by atoms with Crippen LogP contribution in [0.25, 0.3) is 0 Å². The number of unbranched alkanes of at least 4 members (excludes halogenated alkanes) is 4. The van der Waals surface area contributed by atoms with Gasteiger partial charge < -0.3 is 19.1 Å².